The summed E-state index contributed by atoms with van der Waals surface area (Å²) in [7, 11) is -2.23. The molecule has 0 saturated carbocycles. The Morgan fingerprint density at radius 3 is 2.21 bits per heavy atom. The smallest absolute Gasteiger partial charge is 0.243 e. The third-order valence-electron chi connectivity index (χ3n) is 5.01. The molecular formula is C24H34N4O5S. The highest BCUT2D eigenvalue weighted by atomic mass is 32.2. The maximum Gasteiger partial charge on any atom is 0.243 e. The third kappa shape index (κ3) is 7.46. The van der Waals surface area contributed by atoms with Crippen LogP contribution in [0, 0.1) is 0 Å². The summed E-state index contributed by atoms with van der Waals surface area (Å²) in [5.74, 6) is -0.0544. The molecule has 2 rings (SSSR count). The number of hydrogen-bond donors (Lipinski definition) is 3. The van der Waals surface area contributed by atoms with E-state index in [1.165, 1.54) is 29.6 Å². The SMILES string of the molecule is CCN(CC)S(=O)(=O)c1ccc(OC)c(NC(=O)CNc2ccc(CC(=O)NC(C)C)cc2)c1. The molecule has 0 spiro atoms. The number of sulfonamides is 1. The molecule has 2 amide bonds. The summed E-state index contributed by atoms with van der Waals surface area (Å²) in [6.07, 6.45) is 0.283. The number of hydrogen-bond acceptors (Lipinski definition) is 6. The van der Waals surface area contributed by atoms with Gasteiger partial charge in [0.25, 0.3) is 0 Å². The van der Waals surface area contributed by atoms with Crippen LogP contribution in [0.5, 0.6) is 5.75 Å². The molecule has 34 heavy (non-hydrogen) atoms. The van der Waals surface area contributed by atoms with Gasteiger partial charge in [-0.25, -0.2) is 8.42 Å². The van der Waals surface area contributed by atoms with Crippen molar-refractivity contribution in [2.75, 3.05) is 37.4 Å². The van der Waals surface area contributed by atoms with Gasteiger partial charge in [0.2, 0.25) is 21.8 Å². The molecule has 0 saturated heterocycles. The fraction of sp³-hybridized carbons (Fsp3) is 0.417. The van der Waals surface area contributed by atoms with Crippen molar-refractivity contribution in [3.05, 3.63) is 48.0 Å². The molecule has 0 aliphatic heterocycles. The van der Waals surface area contributed by atoms with Crippen LogP contribution in [0.3, 0.4) is 0 Å². The van der Waals surface area contributed by atoms with Crippen LogP contribution < -0.4 is 20.7 Å². The van der Waals surface area contributed by atoms with Crippen LogP contribution in [-0.2, 0) is 26.0 Å². The maximum absolute atomic E-state index is 12.8. The number of benzene rings is 2. The molecule has 0 fully saturated rings. The van der Waals surface area contributed by atoms with Gasteiger partial charge in [-0.3, -0.25) is 9.59 Å². The molecular weight excluding hydrogens is 456 g/mol. The van der Waals surface area contributed by atoms with Crippen molar-refractivity contribution in [1.29, 1.82) is 0 Å². The van der Waals surface area contributed by atoms with E-state index < -0.39 is 10.0 Å². The van der Waals surface area contributed by atoms with Crippen LogP contribution in [0.15, 0.2) is 47.4 Å². The van der Waals surface area contributed by atoms with Gasteiger partial charge in [0.15, 0.2) is 0 Å². The van der Waals surface area contributed by atoms with Crippen LogP contribution >= 0.6 is 0 Å². The van der Waals surface area contributed by atoms with Crippen LogP contribution in [0.2, 0.25) is 0 Å². The molecule has 0 aliphatic carbocycles. The lowest BCUT2D eigenvalue weighted by molar-refractivity contribution is -0.121. The first kappa shape index (κ1) is 27.1. The van der Waals surface area contributed by atoms with E-state index in [-0.39, 0.29) is 41.4 Å². The number of anilines is 2. The first-order chi connectivity index (χ1) is 16.1. The Hall–Kier alpha value is -3.11. The zero-order valence-corrected chi connectivity index (χ0v) is 21.2. The Labute approximate surface area is 201 Å². The zero-order valence-electron chi connectivity index (χ0n) is 20.3. The topological polar surface area (TPSA) is 117 Å². The van der Waals surface area contributed by atoms with E-state index in [0.717, 1.165) is 5.56 Å². The summed E-state index contributed by atoms with van der Waals surface area (Å²) in [6, 6.07) is 11.7. The predicted molar refractivity (Wildman–Crippen MR) is 134 cm³/mol. The van der Waals surface area contributed by atoms with Gasteiger partial charge in [-0.15, -0.1) is 0 Å². The van der Waals surface area contributed by atoms with E-state index in [0.29, 0.717) is 24.5 Å². The molecule has 0 radical (unpaired) electrons. The Bertz CT molecular complexity index is 1080. The molecule has 9 nitrogen and oxygen atoms in total. The van der Waals surface area contributed by atoms with Gasteiger partial charge in [-0.05, 0) is 49.7 Å². The average Bonchev–Trinajstić information content (AvgIpc) is 2.78. The van der Waals surface area contributed by atoms with E-state index in [2.05, 4.69) is 16.0 Å². The van der Waals surface area contributed by atoms with E-state index in [1.54, 1.807) is 26.0 Å². The van der Waals surface area contributed by atoms with Crippen molar-refractivity contribution in [2.45, 2.75) is 45.1 Å². The van der Waals surface area contributed by atoms with E-state index in [1.807, 2.05) is 26.0 Å². The minimum absolute atomic E-state index is 0.0383. The lowest BCUT2D eigenvalue weighted by atomic mass is 10.1. The lowest BCUT2D eigenvalue weighted by Crippen LogP contribution is -2.31. The second kappa shape index (κ2) is 12.4. The molecule has 0 aromatic heterocycles. The third-order valence-corrected chi connectivity index (χ3v) is 7.06. The van der Waals surface area contributed by atoms with Crippen LogP contribution in [0.25, 0.3) is 0 Å². The highest BCUT2D eigenvalue weighted by molar-refractivity contribution is 7.89. The molecule has 0 aliphatic rings. The number of rotatable bonds is 12. The maximum atomic E-state index is 12.8. The van der Waals surface area contributed by atoms with Gasteiger partial charge in [0, 0.05) is 24.8 Å². The quantitative estimate of drug-likeness (QED) is 0.421. The largest absolute Gasteiger partial charge is 0.495 e. The van der Waals surface area contributed by atoms with Gasteiger partial charge in [0.1, 0.15) is 5.75 Å². The van der Waals surface area contributed by atoms with Crippen molar-refractivity contribution >= 4 is 33.2 Å². The average molecular weight is 491 g/mol. The fourth-order valence-electron chi connectivity index (χ4n) is 3.33. The Morgan fingerprint density at radius 2 is 1.65 bits per heavy atom. The first-order valence-corrected chi connectivity index (χ1v) is 12.6. The fourth-order valence-corrected chi connectivity index (χ4v) is 4.82. The predicted octanol–water partition coefficient (Wildman–Crippen LogP) is 2.84. The Morgan fingerprint density at radius 1 is 1.00 bits per heavy atom. The Kier molecular flexibility index (Phi) is 9.88. The summed E-state index contributed by atoms with van der Waals surface area (Å²) in [5.41, 5.74) is 1.85. The summed E-state index contributed by atoms with van der Waals surface area (Å²) >= 11 is 0. The summed E-state index contributed by atoms with van der Waals surface area (Å²) in [4.78, 5) is 24.5. The van der Waals surface area contributed by atoms with Crippen LogP contribution in [0.4, 0.5) is 11.4 Å². The van der Waals surface area contributed by atoms with Gasteiger partial charge >= 0.3 is 0 Å². The highest BCUT2D eigenvalue weighted by Gasteiger charge is 2.23. The summed E-state index contributed by atoms with van der Waals surface area (Å²) in [5, 5.41) is 8.58. The molecule has 10 heteroatoms. The van der Waals surface area contributed by atoms with E-state index in [4.69, 9.17) is 4.74 Å². The minimum atomic E-state index is -3.68. The Balaban J connectivity index is 2.04. The van der Waals surface area contributed by atoms with Crippen molar-refractivity contribution in [3.63, 3.8) is 0 Å². The van der Waals surface area contributed by atoms with Gasteiger partial charge in [-0.2, -0.15) is 4.31 Å². The van der Waals surface area contributed by atoms with Crippen LogP contribution in [-0.4, -0.2) is 57.3 Å². The number of methoxy groups -OCH3 is 1. The molecule has 2 aromatic carbocycles. The highest BCUT2D eigenvalue weighted by Crippen LogP contribution is 2.29. The van der Waals surface area contributed by atoms with Crippen LogP contribution in [0.1, 0.15) is 33.3 Å². The second-order valence-electron chi connectivity index (χ2n) is 7.95. The van der Waals surface area contributed by atoms with Crippen molar-refractivity contribution in [2.24, 2.45) is 0 Å². The monoisotopic (exact) mass is 490 g/mol. The molecule has 3 N–H and O–H groups in total. The van der Waals surface area contributed by atoms with E-state index in [9.17, 15) is 18.0 Å². The second-order valence-corrected chi connectivity index (χ2v) is 9.89. The molecule has 0 heterocycles. The lowest BCUT2D eigenvalue weighted by Gasteiger charge is -2.19. The van der Waals surface area contributed by atoms with Gasteiger partial charge < -0.3 is 20.7 Å². The van der Waals surface area contributed by atoms with Crippen molar-refractivity contribution < 1.29 is 22.7 Å². The normalized spacial score (nSPS) is 11.4. The molecule has 2 aromatic rings. The van der Waals surface area contributed by atoms with Crippen molar-refractivity contribution in [3.8, 4) is 5.75 Å². The van der Waals surface area contributed by atoms with Gasteiger partial charge in [0.05, 0.1) is 30.7 Å². The molecule has 0 bridgehead atoms. The van der Waals surface area contributed by atoms with E-state index >= 15 is 0 Å². The molecule has 0 atom stereocenters. The number of amides is 2. The molecule has 186 valence electrons. The van der Waals surface area contributed by atoms with Crippen molar-refractivity contribution in [1.82, 2.24) is 9.62 Å². The van der Waals surface area contributed by atoms with Gasteiger partial charge in [-0.1, -0.05) is 26.0 Å². The number of nitrogens with one attached hydrogen (secondary N) is 3. The minimum Gasteiger partial charge on any atom is -0.495 e. The summed E-state index contributed by atoms with van der Waals surface area (Å²) < 4.78 is 32.3. The summed E-state index contributed by atoms with van der Waals surface area (Å²) in [6.45, 7) is 8.01. The number of carbonyl (C=O) groups excluding carboxylic acids is 2. The number of ether oxygens (including phenoxy) is 1. The molecule has 0 unspecified atom stereocenters. The zero-order chi connectivity index (χ0) is 25.3. The first-order valence-electron chi connectivity index (χ1n) is 11.2. The number of carbonyl (C=O) groups is 2. The number of nitrogens with zero attached hydrogens (tertiary/aromatic N) is 1. The standard InChI is InChI=1S/C24H34N4O5S/c1-6-28(7-2)34(31,32)20-12-13-22(33-5)21(15-20)27-24(30)16-25-19-10-8-18(9-11-19)14-23(29)26-17(3)4/h8-13,15,17,25H,6-7,14,16H2,1-5H3,(H,26,29)(H,27,30).